The van der Waals surface area contributed by atoms with Gasteiger partial charge in [0.05, 0.1) is 6.26 Å². The van der Waals surface area contributed by atoms with Crippen LogP contribution in [0.3, 0.4) is 0 Å². The zero-order valence-corrected chi connectivity index (χ0v) is 12.2. The Morgan fingerprint density at radius 3 is 3.10 bits per heavy atom. The van der Waals surface area contributed by atoms with Gasteiger partial charge in [-0.1, -0.05) is 25.2 Å². The minimum atomic E-state index is -0.224. The first-order valence-corrected chi connectivity index (χ1v) is 7.07. The molecule has 0 fully saturated rings. The molecule has 0 unspecified atom stereocenters. The molecule has 0 saturated heterocycles. The van der Waals surface area contributed by atoms with Crippen molar-refractivity contribution in [2.75, 3.05) is 6.61 Å². The third-order valence-electron chi connectivity index (χ3n) is 4.61. The second-order valence-electron chi connectivity index (χ2n) is 6.14. The van der Waals surface area contributed by atoms with E-state index >= 15 is 0 Å². The fraction of sp³-hybridized carbons (Fsp3) is 0.471. The average Bonchev–Trinajstić information content (AvgIpc) is 2.73. The second-order valence-corrected chi connectivity index (χ2v) is 6.14. The SMILES string of the molecule is CC(=O)OCC1=CC=C[C@]2(C)Cc3occ(C)c3C[C@H]12. The summed E-state index contributed by atoms with van der Waals surface area (Å²) in [7, 11) is 0. The summed E-state index contributed by atoms with van der Waals surface area (Å²) in [5.41, 5.74) is 3.82. The molecule has 2 aliphatic rings. The first-order valence-electron chi connectivity index (χ1n) is 7.07. The molecule has 0 amide bonds. The summed E-state index contributed by atoms with van der Waals surface area (Å²) >= 11 is 0. The summed E-state index contributed by atoms with van der Waals surface area (Å²) in [4.78, 5) is 11.1. The zero-order chi connectivity index (χ0) is 14.3. The maximum atomic E-state index is 11.1. The van der Waals surface area contributed by atoms with Gasteiger partial charge in [-0.3, -0.25) is 4.79 Å². The van der Waals surface area contributed by atoms with Crippen LogP contribution in [0.25, 0.3) is 0 Å². The molecular weight excluding hydrogens is 252 g/mol. The number of carbonyl (C=O) groups is 1. The van der Waals surface area contributed by atoms with Crippen molar-refractivity contribution in [1.29, 1.82) is 0 Å². The Kier molecular flexibility index (Phi) is 3.08. The molecule has 1 heterocycles. The Labute approximate surface area is 119 Å². The van der Waals surface area contributed by atoms with Gasteiger partial charge in [-0.2, -0.15) is 0 Å². The van der Waals surface area contributed by atoms with Gasteiger partial charge in [0.2, 0.25) is 0 Å². The Morgan fingerprint density at radius 2 is 2.35 bits per heavy atom. The first kappa shape index (κ1) is 13.2. The van der Waals surface area contributed by atoms with Crippen molar-refractivity contribution in [2.24, 2.45) is 11.3 Å². The summed E-state index contributed by atoms with van der Waals surface area (Å²) in [6, 6.07) is 0. The Morgan fingerprint density at radius 1 is 1.55 bits per heavy atom. The van der Waals surface area contributed by atoms with Crippen molar-refractivity contribution < 1.29 is 13.9 Å². The monoisotopic (exact) mass is 272 g/mol. The quantitative estimate of drug-likeness (QED) is 0.775. The summed E-state index contributed by atoms with van der Waals surface area (Å²) in [5.74, 6) is 1.27. The lowest BCUT2D eigenvalue weighted by molar-refractivity contribution is -0.140. The van der Waals surface area contributed by atoms with Gasteiger partial charge in [-0.15, -0.1) is 0 Å². The largest absolute Gasteiger partial charge is 0.469 e. The lowest BCUT2D eigenvalue weighted by Crippen LogP contribution is -2.37. The molecule has 1 aromatic heterocycles. The zero-order valence-electron chi connectivity index (χ0n) is 12.2. The molecular formula is C17H20O3. The molecule has 2 atom stereocenters. The standard InChI is InChI=1S/C17H20O3/c1-11-9-20-16-8-17(3)6-4-5-13(10-19-12(2)18)15(17)7-14(11)16/h4-6,9,15H,7-8,10H2,1-3H3/t15-,17-/m1/s1. The van der Waals surface area contributed by atoms with E-state index in [2.05, 4.69) is 32.1 Å². The van der Waals surface area contributed by atoms with E-state index in [9.17, 15) is 4.79 Å². The van der Waals surface area contributed by atoms with Gasteiger partial charge < -0.3 is 9.15 Å². The van der Waals surface area contributed by atoms with Gasteiger partial charge in [0.15, 0.2) is 0 Å². The highest BCUT2D eigenvalue weighted by Gasteiger charge is 2.42. The van der Waals surface area contributed by atoms with E-state index in [4.69, 9.17) is 9.15 Å². The van der Waals surface area contributed by atoms with Crippen LogP contribution in [0, 0.1) is 18.3 Å². The molecule has 3 rings (SSSR count). The summed E-state index contributed by atoms with van der Waals surface area (Å²) in [6.07, 6.45) is 10.2. The fourth-order valence-electron chi connectivity index (χ4n) is 3.42. The lowest BCUT2D eigenvalue weighted by Gasteiger charge is -2.41. The van der Waals surface area contributed by atoms with Crippen molar-refractivity contribution in [3.63, 3.8) is 0 Å². The highest BCUT2D eigenvalue weighted by Crippen LogP contribution is 2.47. The maximum Gasteiger partial charge on any atom is 0.302 e. The molecule has 0 spiro atoms. The van der Waals surface area contributed by atoms with Crippen LogP contribution in [0.4, 0.5) is 0 Å². The third-order valence-corrected chi connectivity index (χ3v) is 4.61. The number of carbonyl (C=O) groups excluding carboxylic acids is 1. The predicted octanol–water partition coefficient (Wildman–Crippen LogP) is 3.37. The minimum absolute atomic E-state index is 0.0571. The van der Waals surface area contributed by atoms with E-state index in [0.717, 1.165) is 18.6 Å². The smallest absolute Gasteiger partial charge is 0.302 e. The highest BCUT2D eigenvalue weighted by molar-refractivity contribution is 5.66. The number of rotatable bonds is 2. The minimum Gasteiger partial charge on any atom is -0.469 e. The van der Waals surface area contributed by atoms with Crippen LogP contribution in [0.5, 0.6) is 0 Å². The molecule has 0 N–H and O–H groups in total. The predicted molar refractivity (Wildman–Crippen MR) is 76.3 cm³/mol. The molecule has 0 radical (unpaired) electrons. The van der Waals surface area contributed by atoms with Gasteiger partial charge in [0, 0.05) is 13.3 Å². The van der Waals surface area contributed by atoms with E-state index in [1.165, 1.54) is 23.6 Å². The molecule has 0 aromatic carbocycles. The molecule has 1 aromatic rings. The van der Waals surface area contributed by atoms with Crippen LogP contribution < -0.4 is 0 Å². The summed E-state index contributed by atoms with van der Waals surface area (Å²) in [6.45, 7) is 6.21. The van der Waals surface area contributed by atoms with Crippen LogP contribution in [0.2, 0.25) is 0 Å². The van der Waals surface area contributed by atoms with Gasteiger partial charge in [0.25, 0.3) is 0 Å². The molecule has 0 saturated carbocycles. The van der Waals surface area contributed by atoms with Crippen molar-refractivity contribution >= 4 is 5.97 Å². The number of esters is 1. The second kappa shape index (κ2) is 4.65. The molecule has 3 nitrogen and oxygen atoms in total. The average molecular weight is 272 g/mol. The normalized spacial score (nSPS) is 27.6. The lowest BCUT2D eigenvalue weighted by atomic mass is 9.62. The number of aryl methyl sites for hydroxylation is 1. The number of hydrogen-bond donors (Lipinski definition) is 0. The Hall–Kier alpha value is -1.77. The number of allylic oxidation sites excluding steroid dienone is 3. The molecule has 20 heavy (non-hydrogen) atoms. The molecule has 2 aliphatic carbocycles. The van der Waals surface area contributed by atoms with Gasteiger partial charge >= 0.3 is 5.97 Å². The Bertz CT molecular complexity index is 606. The van der Waals surface area contributed by atoms with Crippen molar-refractivity contribution in [2.45, 2.75) is 33.6 Å². The fourth-order valence-corrected chi connectivity index (χ4v) is 3.42. The third kappa shape index (κ3) is 2.11. The van der Waals surface area contributed by atoms with Crippen LogP contribution >= 0.6 is 0 Å². The van der Waals surface area contributed by atoms with Crippen molar-refractivity contribution in [3.8, 4) is 0 Å². The molecule has 0 bridgehead atoms. The van der Waals surface area contributed by atoms with E-state index in [1.807, 2.05) is 6.26 Å². The van der Waals surface area contributed by atoms with E-state index in [1.54, 1.807) is 0 Å². The molecule has 0 aliphatic heterocycles. The van der Waals surface area contributed by atoms with Gasteiger partial charge in [0.1, 0.15) is 12.4 Å². The number of fused-ring (bicyclic) bond motifs is 2. The van der Waals surface area contributed by atoms with Crippen molar-refractivity contribution in [1.82, 2.24) is 0 Å². The number of furan rings is 1. The number of hydrogen-bond acceptors (Lipinski definition) is 3. The topological polar surface area (TPSA) is 39.4 Å². The molecule has 3 heteroatoms. The Balaban J connectivity index is 1.91. The highest BCUT2D eigenvalue weighted by atomic mass is 16.5. The molecule has 106 valence electrons. The van der Waals surface area contributed by atoms with Crippen LogP contribution in [-0.4, -0.2) is 12.6 Å². The summed E-state index contributed by atoms with van der Waals surface area (Å²) < 4.78 is 10.9. The van der Waals surface area contributed by atoms with Crippen LogP contribution in [0.15, 0.2) is 34.5 Å². The van der Waals surface area contributed by atoms with Crippen molar-refractivity contribution in [3.05, 3.63) is 47.0 Å². The van der Waals surface area contributed by atoms with Gasteiger partial charge in [-0.25, -0.2) is 0 Å². The van der Waals surface area contributed by atoms with Crippen LogP contribution in [0.1, 0.15) is 30.7 Å². The number of ether oxygens (including phenoxy) is 1. The van der Waals surface area contributed by atoms with E-state index in [-0.39, 0.29) is 11.4 Å². The van der Waals surface area contributed by atoms with E-state index in [0.29, 0.717) is 12.5 Å². The summed E-state index contributed by atoms with van der Waals surface area (Å²) in [5, 5.41) is 0. The van der Waals surface area contributed by atoms with E-state index < -0.39 is 0 Å². The van der Waals surface area contributed by atoms with Crippen LogP contribution in [-0.2, 0) is 22.4 Å². The first-order chi connectivity index (χ1) is 9.49. The maximum absolute atomic E-state index is 11.1. The van der Waals surface area contributed by atoms with Gasteiger partial charge in [-0.05, 0) is 41.4 Å².